The zero-order valence-corrected chi connectivity index (χ0v) is 9.55. The number of unbranched alkanes of at least 4 members (excludes halogenated alkanes) is 1. The second kappa shape index (κ2) is 7.60. The van der Waals surface area contributed by atoms with Crippen molar-refractivity contribution in [3.05, 3.63) is 11.8 Å². The minimum Gasteiger partial charge on any atom is -0.512 e. The van der Waals surface area contributed by atoms with Gasteiger partial charge in [0.2, 0.25) is 0 Å². The van der Waals surface area contributed by atoms with Crippen molar-refractivity contribution >= 4 is 5.78 Å². The average molecular weight is 198 g/mol. The highest BCUT2D eigenvalue weighted by Crippen LogP contribution is 2.12. The van der Waals surface area contributed by atoms with Crippen LogP contribution in [-0.2, 0) is 4.79 Å². The second-order valence-electron chi connectivity index (χ2n) is 3.66. The van der Waals surface area contributed by atoms with Crippen molar-refractivity contribution in [1.82, 2.24) is 0 Å². The van der Waals surface area contributed by atoms with Gasteiger partial charge in [-0.1, -0.05) is 27.2 Å². The van der Waals surface area contributed by atoms with E-state index in [-0.39, 0.29) is 17.5 Å². The monoisotopic (exact) mass is 198 g/mol. The number of carbonyl (C=O) groups is 1. The van der Waals surface area contributed by atoms with Crippen LogP contribution in [0.1, 0.15) is 52.9 Å². The maximum Gasteiger partial charge on any atom is 0.162 e. The number of aliphatic hydroxyl groups excluding tert-OH is 1. The number of aliphatic hydroxyl groups is 1. The van der Waals surface area contributed by atoms with Crippen molar-refractivity contribution in [1.29, 1.82) is 0 Å². The molecule has 2 nitrogen and oxygen atoms in total. The molecule has 0 unspecified atom stereocenters. The number of hydrogen-bond acceptors (Lipinski definition) is 2. The average Bonchev–Trinajstić information content (AvgIpc) is 2.16. The lowest BCUT2D eigenvalue weighted by Crippen LogP contribution is -2.10. The van der Waals surface area contributed by atoms with E-state index >= 15 is 0 Å². The molecule has 0 aromatic carbocycles. The van der Waals surface area contributed by atoms with Gasteiger partial charge in [0.25, 0.3) is 0 Å². The summed E-state index contributed by atoms with van der Waals surface area (Å²) in [4.78, 5) is 11.5. The van der Waals surface area contributed by atoms with E-state index in [2.05, 4.69) is 6.92 Å². The predicted octanol–water partition coefficient (Wildman–Crippen LogP) is 3.62. The van der Waals surface area contributed by atoms with Gasteiger partial charge in [-0.25, -0.2) is 0 Å². The summed E-state index contributed by atoms with van der Waals surface area (Å²) in [5.41, 5.74) is 0. The van der Waals surface area contributed by atoms with Crippen LogP contribution in [0.2, 0.25) is 0 Å². The highest BCUT2D eigenvalue weighted by atomic mass is 16.3. The molecule has 0 aromatic heterocycles. The van der Waals surface area contributed by atoms with Gasteiger partial charge in [0.1, 0.15) is 0 Å². The molecule has 0 amide bonds. The summed E-state index contributed by atoms with van der Waals surface area (Å²) < 4.78 is 0. The molecule has 0 saturated heterocycles. The summed E-state index contributed by atoms with van der Waals surface area (Å²) in [5.74, 6) is 0.395. The third-order valence-electron chi connectivity index (χ3n) is 2.48. The molecule has 14 heavy (non-hydrogen) atoms. The van der Waals surface area contributed by atoms with Crippen molar-refractivity contribution < 1.29 is 9.90 Å². The predicted molar refractivity (Wildman–Crippen MR) is 59.3 cm³/mol. The number of carbonyl (C=O) groups excluding carboxylic acids is 1. The number of ketones is 1. The molecule has 0 radical (unpaired) electrons. The molecule has 0 aromatic rings. The normalized spacial score (nSPS) is 12.1. The fourth-order valence-corrected chi connectivity index (χ4v) is 1.40. The molecule has 0 bridgehead atoms. The minimum absolute atomic E-state index is 0.0728. The molecule has 0 aliphatic rings. The molecule has 0 aliphatic carbocycles. The highest BCUT2D eigenvalue weighted by Gasteiger charge is 2.12. The van der Waals surface area contributed by atoms with E-state index in [4.69, 9.17) is 0 Å². The Kier molecular flexibility index (Phi) is 7.17. The van der Waals surface area contributed by atoms with Crippen LogP contribution in [0.15, 0.2) is 11.8 Å². The summed E-state index contributed by atoms with van der Waals surface area (Å²) in [6, 6.07) is 0. The van der Waals surface area contributed by atoms with Crippen LogP contribution in [0.5, 0.6) is 0 Å². The van der Waals surface area contributed by atoms with Gasteiger partial charge in [-0.05, 0) is 19.3 Å². The molecular formula is C12H22O2. The summed E-state index contributed by atoms with van der Waals surface area (Å²) in [6.45, 7) is 6.07. The van der Waals surface area contributed by atoms with Crippen LogP contribution in [0.4, 0.5) is 0 Å². The van der Waals surface area contributed by atoms with Crippen molar-refractivity contribution in [3.63, 3.8) is 0 Å². The van der Waals surface area contributed by atoms with Crippen LogP contribution in [0, 0.1) is 5.92 Å². The zero-order chi connectivity index (χ0) is 11.0. The molecule has 0 fully saturated rings. The quantitative estimate of drug-likeness (QED) is 0.501. The summed E-state index contributed by atoms with van der Waals surface area (Å²) in [7, 11) is 0. The van der Waals surface area contributed by atoms with Gasteiger partial charge in [0.15, 0.2) is 5.78 Å². The standard InChI is InChI=1S/C12H22O2/c1-4-7-8-11(13)9-12(14)10(5-2)6-3/h9-10,13H,4-8H2,1-3H3/b11-9-. The molecule has 0 atom stereocenters. The highest BCUT2D eigenvalue weighted by molar-refractivity contribution is 5.91. The Hall–Kier alpha value is -0.790. The van der Waals surface area contributed by atoms with Gasteiger partial charge >= 0.3 is 0 Å². The fraction of sp³-hybridized carbons (Fsp3) is 0.750. The van der Waals surface area contributed by atoms with Crippen molar-refractivity contribution in [2.75, 3.05) is 0 Å². The Balaban J connectivity index is 4.11. The third-order valence-corrected chi connectivity index (χ3v) is 2.48. The first-order valence-electron chi connectivity index (χ1n) is 5.59. The van der Waals surface area contributed by atoms with Crippen molar-refractivity contribution in [2.24, 2.45) is 5.92 Å². The van der Waals surface area contributed by atoms with Gasteiger partial charge < -0.3 is 5.11 Å². The lowest BCUT2D eigenvalue weighted by molar-refractivity contribution is -0.118. The molecular weight excluding hydrogens is 176 g/mol. The first-order valence-corrected chi connectivity index (χ1v) is 5.59. The molecule has 1 N–H and O–H groups in total. The Morgan fingerprint density at radius 2 is 1.86 bits per heavy atom. The maximum atomic E-state index is 11.5. The van der Waals surface area contributed by atoms with Crippen LogP contribution >= 0.6 is 0 Å². The molecule has 0 spiro atoms. The zero-order valence-electron chi connectivity index (χ0n) is 9.55. The van der Waals surface area contributed by atoms with Gasteiger partial charge in [0.05, 0.1) is 5.76 Å². The van der Waals surface area contributed by atoms with E-state index < -0.39 is 0 Å². The van der Waals surface area contributed by atoms with Gasteiger partial charge in [-0.2, -0.15) is 0 Å². The van der Waals surface area contributed by atoms with Gasteiger partial charge in [-0.3, -0.25) is 4.79 Å². The minimum atomic E-state index is 0.0728. The Morgan fingerprint density at radius 3 is 2.29 bits per heavy atom. The number of rotatable bonds is 7. The number of hydrogen-bond donors (Lipinski definition) is 1. The lowest BCUT2D eigenvalue weighted by Gasteiger charge is -2.07. The molecule has 82 valence electrons. The van der Waals surface area contributed by atoms with Crippen molar-refractivity contribution in [2.45, 2.75) is 52.9 Å². The summed E-state index contributed by atoms with van der Waals surface area (Å²) in [5, 5.41) is 9.43. The largest absolute Gasteiger partial charge is 0.512 e. The van der Waals surface area contributed by atoms with Crippen LogP contribution < -0.4 is 0 Å². The van der Waals surface area contributed by atoms with E-state index in [1.165, 1.54) is 6.08 Å². The van der Waals surface area contributed by atoms with Gasteiger partial charge in [0, 0.05) is 18.4 Å². The fourth-order valence-electron chi connectivity index (χ4n) is 1.40. The van der Waals surface area contributed by atoms with Crippen LogP contribution in [-0.4, -0.2) is 10.9 Å². The molecule has 0 heterocycles. The summed E-state index contributed by atoms with van der Waals surface area (Å²) in [6.07, 6.45) is 5.73. The summed E-state index contributed by atoms with van der Waals surface area (Å²) >= 11 is 0. The topological polar surface area (TPSA) is 37.3 Å². The Bertz CT molecular complexity index is 190. The van der Waals surface area contributed by atoms with Crippen LogP contribution in [0.25, 0.3) is 0 Å². The molecule has 0 rings (SSSR count). The number of allylic oxidation sites excluding steroid dienone is 2. The molecule has 2 heteroatoms. The Labute approximate surface area is 87.0 Å². The van der Waals surface area contributed by atoms with Gasteiger partial charge in [-0.15, -0.1) is 0 Å². The third kappa shape index (κ3) is 5.05. The van der Waals surface area contributed by atoms with Crippen LogP contribution in [0.3, 0.4) is 0 Å². The van der Waals surface area contributed by atoms with E-state index in [1.807, 2.05) is 13.8 Å². The molecule has 0 aliphatic heterocycles. The lowest BCUT2D eigenvalue weighted by atomic mass is 9.97. The van der Waals surface area contributed by atoms with Crippen molar-refractivity contribution in [3.8, 4) is 0 Å². The first-order chi connectivity index (χ1) is 6.65. The maximum absolute atomic E-state index is 11.5. The van der Waals surface area contributed by atoms with E-state index in [9.17, 15) is 9.90 Å². The van der Waals surface area contributed by atoms with E-state index in [0.29, 0.717) is 6.42 Å². The first kappa shape index (κ1) is 13.2. The van der Waals surface area contributed by atoms with E-state index in [1.54, 1.807) is 0 Å². The Morgan fingerprint density at radius 1 is 1.29 bits per heavy atom. The second-order valence-corrected chi connectivity index (χ2v) is 3.66. The van der Waals surface area contributed by atoms with E-state index in [0.717, 1.165) is 25.7 Å². The smallest absolute Gasteiger partial charge is 0.162 e. The molecule has 0 saturated carbocycles. The SMILES string of the molecule is CCCC/C(O)=C/C(=O)C(CC)CC.